The summed E-state index contributed by atoms with van der Waals surface area (Å²) in [4.78, 5) is 16.8. The molecule has 2 N–H and O–H groups in total. The number of nitrogens with zero attached hydrogens (tertiary/aromatic N) is 4. The van der Waals surface area contributed by atoms with Crippen molar-refractivity contribution in [2.24, 2.45) is 11.1 Å². The summed E-state index contributed by atoms with van der Waals surface area (Å²) in [6.07, 6.45) is 2.44. The van der Waals surface area contributed by atoms with Gasteiger partial charge in [-0.1, -0.05) is 23.7 Å². The van der Waals surface area contributed by atoms with Crippen LogP contribution in [0.5, 0.6) is 5.75 Å². The van der Waals surface area contributed by atoms with Gasteiger partial charge in [-0.15, -0.1) is 0 Å². The van der Waals surface area contributed by atoms with Crippen molar-refractivity contribution in [3.8, 4) is 5.75 Å². The number of hydrogen-bond donors (Lipinski definition) is 1. The van der Waals surface area contributed by atoms with Crippen LogP contribution in [-0.2, 0) is 27.9 Å². The van der Waals surface area contributed by atoms with Crippen LogP contribution < -0.4 is 14.8 Å². The molecule has 0 spiro atoms. The van der Waals surface area contributed by atoms with E-state index in [0.29, 0.717) is 49.5 Å². The number of aryl methyl sites for hydroxylation is 1. The molecule has 2 heterocycles. The van der Waals surface area contributed by atoms with Gasteiger partial charge in [-0.3, -0.25) is 19.3 Å². The molecule has 0 unspecified atom stereocenters. The molecule has 1 aliphatic carbocycles. The van der Waals surface area contributed by atoms with Crippen LogP contribution in [0, 0.1) is 12.8 Å². The van der Waals surface area contributed by atoms with Gasteiger partial charge >= 0.3 is 0 Å². The van der Waals surface area contributed by atoms with Crippen LogP contribution in [0.25, 0.3) is 0 Å². The van der Waals surface area contributed by atoms with Gasteiger partial charge in [-0.25, -0.2) is 13.6 Å². The van der Waals surface area contributed by atoms with Gasteiger partial charge in [0.25, 0.3) is 0 Å². The smallest absolute Gasteiger partial charge is 0.242 e. The van der Waals surface area contributed by atoms with Gasteiger partial charge in [0.2, 0.25) is 15.9 Å². The first-order valence-corrected chi connectivity index (χ1v) is 14.2. The number of carbonyl (C=O) groups excluding carboxylic acids is 1. The Hall–Kier alpha value is -2.92. The molecule has 1 saturated carbocycles. The third-order valence-corrected chi connectivity index (χ3v) is 7.88. The van der Waals surface area contributed by atoms with Gasteiger partial charge in [-0.2, -0.15) is 5.10 Å². The van der Waals surface area contributed by atoms with Crippen molar-refractivity contribution in [1.82, 2.24) is 14.7 Å². The highest BCUT2D eigenvalue weighted by atomic mass is 35.5. The fraction of sp³-hybridized carbons (Fsp3) is 0.385. The van der Waals surface area contributed by atoms with Crippen LogP contribution in [-0.4, -0.2) is 55.2 Å². The van der Waals surface area contributed by atoms with Gasteiger partial charge in [0.15, 0.2) is 5.82 Å². The number of anilines is 1. The molecule has 1 aromatic heterocycles. The maximum absolute atomic E-state index is 13.0. The molecule has 0 radical (unpaired) electrons. The maximum Gasteiger partial charge on any atom is 0.242 e. The molecule has 1 aliphatic heterocycles. The first-order chi connectivity index (χ1) is 17.7. The van der Waals surface area contributed by atoms with Crippen molar-refractivity contribution < 1.29 is 17.9 Å². The number of sulfonamides is 1. The van der Waals surface area contributed by atoms with Gasteiger partial charge in [0, 0.05) is 42.0 Å². The lowest BCUT2D eigenvalue weighted by Gasteiger charge is -2.33. The molecule has 0 bridgehead atoms. The molecule has 1 saturated heterocycles. The lowest BCUT2D eigenvalue weighted by atomic mass is 10.2. The van der Waals surface area contributed by atoms with Gasteiger partial charge < -0.3 is 4.74 Å². The normalized spacial score (nSPS) is 16.8. The van der Waals surface area contributed by atoms with Crippen LogP contribution in [0.15, 0.2) is 53.4 Å². The number of nitrogens with two attached hydrogens (primary N) is 1. The minimum Gasteiger partial charge on any atom is -0.493 e. The van der Waals surface area contributed by atoms with E-state index in [1.54, 1.807) is 17.0 Å². The lowest BCUT2D eigenvalue weighted by molar-refractivity contribution is -0.121. The van der Waals surface area contributed by atoms with E-state index in [4.69, 9.17) is 26.6 Å². The SMILES string of the molecule is Cc1cc(N2CCN(Cc3ccc(S(N)(=O)=O)cc3)CC2=O)nn1Cc1cc(Cl)ccc1OCC1CC1. The Bertz CT molecular complexity index is 1400. The quantitative estimate of drug-likeness (QED) is 0.444. The maximum atomic E-state index is 13.0. The highest BCUT2D eigenvalue weighted by molar-refractivity contribution is 7.89. The Kier molecular flexibility index (Phi) is 7.26. The summed E-state index contributed by atoms with van der Waals surface area (Å²) in [5.74, 6) is 2.05. The molecule has 9 nitrogen and oxygen atoms in total. The number of primary sulfonamides is 1. The monoisotopic (exact) mass is 543 g/mol. The summed E-state index contributed by atoms with van der Waals surface area (Å²) in [7, 11) is -3.73. The fourth-order valence-corrected chi connectivity index (χ4v) is 5.10. The van der Waals surface area contributed by atoms with E-state index in [2.05, 4.69) is 0 Å². The van der Waals surface area contributed by atoms with Crippen LogP contribution in [0.3, 0.4) is 0 Å². The second-order valence-corrected chi connectivity index (χ2v) is 11.8. The number of rotatable bonds is 9. The van der Waals surface area contributed by atoms with E-state index in [1.165, 1.54) is 25.0 Å². The molecule has 3 aromatic rings. The first-order valence-electron chi connectivity index (χ1n) is 12.3. The van der Waals surface area contributed by atoms with E-state index < -0.39 is 10.0 Å². The zero-order chi connectivity index (χ0) is 26.2. The highest BCUT2D eigenvalue weighted by Gasteiger charge is 2.27. The molecular weight excluding hydrogens is 514 g/mol. The van der Waals surface area contributed by atoms with Crippen molar-refractivity contribution in [3.63, 3.8) is 0 Å². The van der Waals surface area contributed by atoms with E-state index in [1.807, 2.05) is 40.8 Å². The molecule has 196 valence electrons. The zero-order valence-electron chi connectivity index (χ0n) is 20.6. The van der Waals surface area contributed by atoms with E-state index in [-0.39, 0.29) is 17.3 Å². The Morgan fingerprint density at radius 1 is 1.08 bits per heavy atom. The molecule has 5 rings (SSSR count). The number of benzene rings is 2. The molecule has 0 atom stereocenters. The molecule has 2 aromatic carbocycles. The zero-order valence-corrected chi connectivity index (χ0v) is 22.2. The Labute approximate surface area is 221 Å². The van der Waals surface area contributed by atoms with Crippen LogP contribution >= 0.6 is 11.6 Å². The number of amides is 1. The van der Waals surface area contributed by atoms with Gasteiger partial charge in [-0.05, 0) is 61.6 Å². The molecule has 2 aliphatic rings. The minimum atomic E-state index is -3.73. The summed E-state index contributed by atoms with van der Waals surface area (Å²) in [5.41, 5.74) is 2.80. The van der Waals surface area contributed by atoms with Crippen molar-refractivity contribution in [3.05, 3.63) is 70.4 Å². The van der Waals surface area contributed by atoms with Gasteiger partial charge in [0.1, 0.15) is 5.75 Å². The number of hydrogen-bond acceptors (Lipinski definition) is 6. The number of ether oxygens (including phenoxy) is 1. The standard InChI is InChI=1S/C26H30ClN5O4S/c1-18-12-25(29-32(18)15-21-13-22(27)6-9-24(21)36-17-20-2-3-20)31-11-10-30(16-26(31)33)14-19-4-7-23(8-5-19)37(28,34)35/h4-9,12-13,20H,2-3,10-11,14-17H2,1H3,(H2,28,34,35). The molecular formula is C26H30ClN5O4S. The topological polar surface area (TPSA) is 111 Å². The average Bonchev–Trinajstić information content (AvgIpc) is 3.60. The largest absolute Gasteiger partial charge is 0.493 e. The summed E-state index contributed by atoms with van der Waals surface area (Å²) in [5, 5.41) is 10.5. The van der Waals surface area contributed by atoms with Crippen molar-refractivity contribution in [1.29, 1.82) is 0 Å². The predicted octanol–water partition coefficient (Wildman–Crippen LogP) is 3.18. The summed E-state index contributed by atoms with van der Waals surface area (Å²) in [6, 6.07) is 14.0. The molecule has 1 amide bonds. The van der Waals surface area contributed by atoms with E-state index in [0.717, 1.165) is 22.6 Å². The van der Waals surface area contributed by atoms with E-state index >= 15 is 0 Å². The first kappa shape index (κ1) is 25.7. The Balaban J connectivity index is 1.23. The van der Waals surface area contributed by atoms with Crippen molar-refractivity contribution in [2.45, 2.75) is 37.8 Å². The third-order valence-electron chi connectivity index (χ3n) is 6.72. The number of piperazine rings is 1. The average molecular weight is 544 g/mol. The van der Waals surface area contributed by atoms with Crippen molar-refractivity contribution in [2.75, 3.05) is 31.1 Å². The summed E-state index contributed by atoms with van der Waals surface area (Å²) < 4.78 is 30.8. The second-order valence-electron chi connectivity index (χ2n) is 9.75. The Morgan fingerprint density at radius 2 is 1.84 bits per heavy atom. The third kappa shape index (κ3) is 6.32. The number of aromatic nitrogens is 2. The molecule has 2 fully saturated rings. The second kappa shape index (κ2) is 10.4. The predicted molar refractivity (Wildman–Crippen MR) is 141 cm³/mol. The van der Waals surface area contributed by atoms with E-state index in [9.17, 15) is 13.2 Å². The molecule has 37 heavy (non-hydrogen) atoms. The Morgan fingerprint density at radius 3 is 2.51 bits per heavy atom. The van der Waals surface area contributed by atoms with Gasteiger partial charge in [0.05, 0.1) is 24.6 Å². The van der Waals surface area contributed by atoms with Crippen LogP contribution in [0.4, 0.5) is 5.82 Å². The lowest BCUT2D eigenvalue weighted by Crippen LogP contribution is -2.50. The van der Waals surface area contributed by atoms with Crippen LogP contribution in [0.2, 0.25) is 5.02 Å². The number of halogens is 1. The fourth-order valence-electron chi connectivity index (χ4n) is 4.39. The number of carbonyl (C=O) groups is 1. The summed E-state index contributed by atoms with van der Waals surface area (Å²) in [6.45, 7) is 5.14. The molecule has 11 heteroatoms. The highest BCUT2D eigenvalue weighted by Crippen LogP contribution is 2.31. The summed E-state index contributed by atoms with van der Waals surface area (Å²) >= 11 is 6.27. The van der Waals surface area contributed by atoms with Crippen molar-refractivity contribution >= 4 is 33.3 Å². The van der Waals surface area contributed by atoms with Crippen LogP contribution in [0.1, 0.15) is 29.7 Å². The minimum absolute atomic E-state index is 0.0340.